The molecule has 0 aliphatic heterocycles. The number of hydrogen-bond acceptors (Lipinski definition) is 2. The molecule has 0 aromatic heterocycles. The third-order valence-electron chi connectivity index (χ3n) is 3.24. The maximum atomic E-state index is 10.9. The molecule has 1 amide bonds. The van der Waals surface area contributed by atoms with Crippen molar-refractivity contribution in [2.24, 2.45) is 11.3 Å². The summed E-state index contributed by atoms with van der Waals surface area (Å²) in [6, 6.07) is 0.0901. The van der Waals surface area contributed by atoms with E-state index in [9.17, 15) is 9.59 Å². The second kappa shape index (κ2) is 2.47. The predicted molar refractivity (Wildman–Crippen MR) is 45.0 cm³/mol. The summed E-state index contributed by atoms with van der Waals surface area (Å²) in [6.45, 7) is 1.47. The summed E-state index contributed by atoms with van der Waals surface area (Å²) in [4.78, 5) is 21.6. The Kier molecular flexibility index (Phi) is 1.62. The summed E-state index contributed by atoms with van der Waals surface area (Å²) in [5.41, 5.74) is -0.479. The second-order valence-electron chi connectivity index (χ2n) is 4.20. The first-order chi connectivity index (χ1) is 6.04. The molecular formula is C9H13NO3. The van der Waals surface area contributed by atoms with Crippen LogP contribution >= 0.6 is 0 Å². The predicted octanol–water partition coefficient (Wildman–Crippen LogP) is 0.376. The largest absolute Gasteiger partial charge is 0.481 e. The molecule has 2 aliphatic carbocycles. The lowest BCUT2D eigenvalue weighted by molar-refractivity contribution is -0.143. The maximum Gasteiger partial charge on any atom is 0.310 e. The number of hydrogen-bond donors (Lipinski definition) is 2. The highest BCUT2D eigenvalue weighted by atomic mass is 16.4. The highest BCUT2D eigenvalue weighted by Gasteiger charge is 2.65. The van der Waals surface area contributed by atoms with E-state index >= 15 is 0 Å². The van der Waals surface area contributed by atoms with Crippen molar-refractivity contribution in [3.63, 3.8) is 0 Å². The van der Waals surface area contributed by atoms with Gasteiger partial charge in [-0.05, 0) is 25.2 Å². The molecule has 0 spiro atoms. The highest BCUT2D eigenvalue weighted by Crippen LogP contribution is 2.63. The number of rotatable bonds is 2. The summed E-state index contributed by atoms with van der Waals surface area (Å²) >= 11 is 0. The average molecular weight is 183 g/mol. The van der Waals surface area contributed by atoms with E-state index in [4.69, 9.17) is 5.11 Å². The quantitative estimate of drug-likeness (QED) is 0.650. The maximum absolute atomic E-state index is 10.9. The fraction of sp³-hybridized carbons (Fsp3) is 0.778. The van der Waals surface area contributed by atoms with Crippen LogP contribution in [0.1, 0.15) is 26.2 Å². The number of fused-ring (bicyclic) bond motifs is 1. The molecule has 2 N–H and O–H groups in total. The second-order valence-corrected chi connectivity index (χ2v) is 4.20. The van der Waals surface area contributed by atoms with Crippen molar-refractivity contribution >= 4 is 11.9 Å². The van der Waals surface area contributed by atoms with Crippen LogP contribution in [0.4, 0.5) is 0 Å². The molecule has 72 valence electrons. The van der Waals surface area contributed by atoms with E-state index in [2.05, 4.69) is 5.32 Å². The highest BCUT2D eigenvalue weighted by molar-refractivity contribution is 5.80. The van der Waals surface area contributed by atoms with Gasteiger partial charge in [-0.25, -0.2) is 0 Å². The lowest BCUT2D eigenvalue weighted by atomic mass is 10.0. The molecule has 13 heavy (non-hydrogen) atoms. The number of aliphatic carboxylic acids is 1. The summed E-state index contributed by atoms with van der Waals surface area (Å²) < 4.78 is 0. The minimum atomic E-state index is -0.689. The SMILES string of the molecule is CC(=O)N[C@@H]1C[C@H]2C[C@@]2(C(=O)O)C1. The van der Waals surface area contributed by atoms with Crippen LogP contribution in [-0.2, 0) is 9.59 Å². The zero-order chi connectivity index (χ0) is 9.64. The number of carbonyl (C=O) groups excluding carboxylic acids is 1. The molecule has 0 heterocycles. The normalized spacial score (nSPS) is 41.0. The molecule has 0 unspecified atom stereocenters. The number of carbonyl (C=O) groups is 2. The zero-order valence-electron chi connectivity index (χ0n) is 7.54. The molecule has 0 radical (unpaired) electrons. The Balaban J connectivity index is 1.97. The first-order valence-electron chi connectivity index (χ1n) is 4.55. The van der Waals surface area contributed by atoms with Gasteiger partial charge in [-0.15, -0.1) is 0 Å². The summed E-state index contributed by atoms with van der Waals surface area (Å²) in [7, 11) is 0. The standard InChI is InChI=1S/C9H13NO3/c1-5(11)10-7-2-6-3-9(6,4-7)8(12)13/h6-7H,2-4H2,1H3,(H,10,11)(H,12,13)/t6-,7+,9+/m0/s1. The summed E-state index contributed by atoms with van der Waals surface area (Å²) in [5, 5.41) is 11.7. The van der Waals surface area contributed by atoms with E-state index in [0.717, 1.165) is 12.8 Å². The van der Waals surface area contributed by atoms with Crippen LogP contribution in [0.5, 0.6) is 0 Å². The fourth-order valence-corrected chi connectivity index (χ4v) is 2.55. The number of carboxylic acids is 1. The zero-order valence-corrected chi connectivity index (χ0v) is 7.54. The van der Waals surface area contributed by atoms with E-state index in [1.807, 2.05) is 0 Å². The van der Waals surface area contributed by atoms with E-state index < -0.39 is 11.4 Å². The summed E-state index contributed by atoms with van der Waals surface area (Å²) in [6.07, 6.45) is 2.26. The molecule has 2 rings (SSSR count). The Morgan fingerprint density at radius 1 is 1.46 bits per heavy atom. The van der Waals surface area contributed by atoms with Crippen LogP contribution in [0.25, 0.3) is 0 Å². The van der Waals surface area contributed by atoms with Crippen molar-refractivity contribution in [2.45, 2.75) is 32.2 Å². The Morgan fingerprint density at radius 2 is 2.15 bits per heavy atom. The molecule has 4 nitrogen and oxygen atoms in total. The fourth-order valence-electron chi connectivity index (χ4n) is 2.55. The van der Waals surface area contributed by atoms with Gasteiger partial charge in [0.05, 0.1) is 5.41 Å². The number of carboxylic acid groups (broad SMARTS) is 1. The van der Waals surface area contributed by atoms with Crippen molar-refractivity contribution < 1.29 is 14.7 Å². The number of amides is 1. The van der Waals surface area contributed by atoms with Crippen molar-refractivity contribution in [2.75, 3.05) is 0 Å². The molecule has 0 bridgehead atoms. The van der Waals surface area contributed by atoms with Crippen LogP contribution in [0.2, 0.25) is 0 Å². The van der Waals surface area contributed by atoms with Gasteiger partial charge in [0.1, 0.15) is 0 Å². The average Bonchev–Trinajstić information content (AvgIpc) is 2.54. The minimum Gasteiger partial charge on any atom is -0.481 e. The molecule has 0 saturated heterocycles. The van der Waals surface area contributed by atoms with Crippen molar-refractivity contribution in [1.82, 2.24) is 5.32 Å². The molecule has 3 atom stereocenters. The van der Waals surface area contributed by atoms with Crippen LogP contribution in [0.15, 0.2) is 0 Å². The smallest absolute Gasteiger partial charge is 0.310 e. The van der Waals surface area contributed by atoms with Crippen molar-refractivity contribution in [3.8, 4) is 0 Å². The van der Waals surface area contributed by atoms with Crippen LogP contribution in [-0.4, -0.2) is 23.0 Å². The third kappa shape index (κ3) is 1.20. The topological polar surface area (TPSA) is 66.4 Å². The van der Waals surface area contributed by atoms with Crippen LogP contribution in [0, 0.1) is 11.3 Å². The van der Waals surface area contributed by atoms with Gasteiger partial charge in [-0.3, -0.25) is 9.59 Å². The first-order valence-corrected chi connectivity index (χ1v) is 4.55. The van der Waals surface area contributed by atoms with Gasteiger partial charge in [0.2, 0.25) is 5.91 Å². The Hall–Kier alpha value is -1.06. The summed E-state index contributed by atoms with van der Waals surface area (Å²) in [5.74, 6) is -0.445. The van der Waals surface area contributed by atoms with E-state index in [1.165, 1.54) is 6.92 Å². The molecule has 4 heteroatoms. The van der Waals surface area contributed by atoms with E-state index in [-0.39, 0.29) is 11.9 Å². The van der Waals surface area contributed by atoms with Gasteiger partial charge in [0.25, 0.3) is 0 Å². The van der Waals surface area contributed by atoms with Gasteiger partial charge in [0, 0.05) is 13.0 Å². The van der Waals surface area contributed by atoms with Gasteiger partial charge in [-0.1, -0.05) is 0 Å². The van der Waals surface area contributed by atoms with Crippen LogP contribution in [0.3, 0.4) is 0 Å². The van der Waals surface area contributed by atoms with Crippen LogP contribution < -0.4 is 5.32 Å². The van der Waals surface area contributed by atoms with Gasteiger partial charge >= 0.3 is 5.97 Å². The molecule has 0 aromatic rings. The third-order valence-corrected chi connectivity index (χ3v) is 3.24. The van der Waals surface area contributed by atoms with E-state index in [0.29, 0.717) is 12.3 Å². The van der Waals surface area contributed by atoms with Crippen molar-refractivity contribution in [1.29, 1.82) is 0 Å². The Morgan fingerprint density at radius 3 is 2.62 bits per heavy atom. The minimum absolute atomic E-state index is 0.0631. The molecule has 2 fully saturated rings. The molecule has 0 aromatic carbocycles. The first kappa shape index (κ1) is 8.53. The Labute approximate surface area is 76.3 Å². The monoisotopic (exact) mass is 183 g/mol. The van der Waals surface area contributed by atoms with Gasteiger partial charge in [-0.2, -0.15) is 0 Å². The Bertz CT molecular complexity index is 276. The van der Waals surface area contributed by atoms with Gasteiger partial charge in [0.15, 0.2) is 0 Å². The van der Waals surface area contributed by atoms with E-state index in [1.54, 1.807) is 0 Å². The molecular weight excluding hydrogens is 170 g/mol. The number of nitrogens with one attached hydrogen (secondary N) is 1. The molecule has 2 saturated carbocycles. The van der Waals surface area contributed by atoms with Gasteiger partial charge < -0.3 is 10.4 Å². The van der Waals surface area contributed by atoms with Crippen molar-refractivity contribution in [3.05, 3.63) is 0 Å². The lowest BCUT2D eigenvalue weighted by Crippen LogP contribution is -2.33. The lowest BCUT2D eigenvalue weighted by Gasteiger charge is -2.14. The molecule has 2 aliphatic rings.